The van der Waals surface area contributed by atoms with E-state index in [1.165, 1.54) is 5.56 Å². The van der Waals surface area contributed by atoms with Gasteiger partial charge in [0.1, 0.15) is 5.75 Å². The number of aryl methyl sites for hydroxylation is 1. The minimum atomic E-state index is 0. The summed E-state index contributed by atoms with van der Waals surface area (Å²) >= 11 is 0. The van der Waals surface area contributed by atoms with Gasteiger partial charge in [-0.1, -0.05) is 12.1 Å². The second kappa shape index (κ2) is 14.1. The van der Waals surface area contributed by atoms with Crippen molar-refractivity contribution in [2.24, 2.45) is 4.99 Å². The van der Waals surface area contributed by atoms with Crippen molar-refractivity contribution in [1.82, 2.24) is 15.5 Å². The van der Waals surface area contributed by atoms with Crippen LogP contribution in [0.25, 0.3) is 0 Å². The summed E-state index contributed by atoms with van der Waals surface area (Å²) in [7, 11) is 1.69. The zero-order valence-electron chi connectivity index (χ0n) is 16.0. The van der Waals surface area contributed by atoms with Crippen molar-refractivity contribution >= 4 is 29.9 Å². The van der Waals surface area contributed by atoms with Gasteiger partial charge in [-0.05, 0) is 37.5 Å². The molecule has 0 unspecified atom stereocenters. The summed E-state index contributed by atoms with van der Waals surface area (Å²) in [5.74, 6) is 1.81. The van der Waals surface area contributed by atoms with Gasteiger partial charge in [-0.25, -0.2) is 0 Å². The fraction of sp³-hybridized carbons (Fsp3) is 0.632. The van der Waals surface area contributed by atoms with E-state index in [2.05, 4.69) is 39.6 Å². The Bertz CT molecular complexity index is 505. The molecule has 0 amide bonds. The highest BCUT2D eigenvalue weighted by Gasteiger charge is 2.09. The van der Waals surface area contributed by atoms with Crippen molar-refractivity contribution in [3.05, 3.63) is 29.8 Å². The number of morpholine rings is 1. The number of nitrogens with one attached hydrogen (secondary N) is 2. The summed E-state index contributed by atoms with van der Waals surface area (Å²) in [4.78, 5) is 7.09. The predicted octanol–water partition coefficient (Wildman–Crippen LogP) is 2.13. The largest absolute Gasteiger partial charge is 0.497 e. The standard InChI is InChI=1S/C19H32N4O2.HI/c1-3-20-19(22-11-12-23-13-15-25-16-14-23)21-10-4-5-17-6-8-18(24-2)9-7-17;/h6-9H,3-5,10-16H2,1-2H3,(H2,20,21,22);1H. The predicted molar refractivity (Wildman–Crippen MR) is 118 cm³/mol. The van der Waals surface area contributed by atoms with Gasteiger partial charge in [-0.3, -0.25) is 9.89 Å². The molecule has 0 aromatic heterocycles. The molecule has 1 heterocycles. The number of halogens is 1. The van der Waals surface area contributed by atoms with E-state index in [-0.39, 0.29) is 24.0 Å². The highest BCUT2D eigenvalue weighted by atomic mass is 127. The lowest BCUT2D eigenvalue weighted by Crippen LogP contribution is -2.44. The third-order valence-corrected chi connectivity index (χ3v) is 4.22. The van der Waals surface area contributed by atoms with Crippen LogP contribution in [-0.2, 0) is 11.2 Å². The fourth-order valence-electron chi connectivity index (χ4n) is 2.77. The summed E-state index contributed by atoms with van der Waals surface area (Å²) in [6.45, 7) is 9.47. The second-order valence-corrected chi connectivity index (χ2v) is 6.09. The van der Waals surface area contributed by atoms with E-state index in [0.717, 1.165) is 77.0 Å². The molecule has 26 heavy (non-hydrogen) atoms. The van der Waals surface area contributed by atoms with Crippen LogP contribution in [0.1, 0.15) is 18.9 Å². The average molecular weight is 476 g/mol. The van der Waals surface area contributed by atoms with Crippen LogP contribution in [0.5, 0.6) is 5.75 Å². The van der Waals surface area contributed by atoms with Crippen molar-refractivity contribution < 1.29 is 9.47 Å². The van der Waals surface area contributed by atoms with Crippen LogP contribution < -0.4 is 15.4 Å². The topological polar surface area (TPSA) is 58.1 Å². The van der Waals surface area contributed by atoms with E-state index in [1.807, 2.05) is 12.1 Å². The Morgan fingerprint density at radius 1 is 1.19 bits per heavy atom. The second-order valence-electron chi connectivity index (χ2n) is 6.09. The van der Waals surface area contributed by atoms with Crippen LogP contribution in [0.4, 0.5) is 0 Å². The quantitative estimate of drug-likeness (QED) is 0.248. The molecule has 1 aliphatic rings. The molecule has 6 nitrogen and oxygen atoms in total. The van der Waals surface area contributed by atoms with Crippen molar-refractivity contribution in [3.8, 4) is 5.75 Å². The van der Waals surface area contributed by atoms with Gasteiger partial charge < -0.3 is 20.1 Å². The van der Waals surface area contributed by atoms with Gasteiger partial charge >= 0.3 is 0 Å². The van der Waals surface area contributed by atoms with E-state index in [4.69, 9.17) is 9.47 Å². The maximum atomic E-state index is 5.38. The fourth-order valence-corrected chi connectivity index (χ4v) is 2.77. The van der Waals surface area contributed by atoms with E-state index >= 15 is 0 Å². The number of rotatable bonds is 9. The van der Waals surface area contributed by atoms with E-state index in [0.29, 0.717) is 0 Å². The van der Waals surface area contributed by atoms with Crippen LogP contribution >= 0.6 is 24.0 Å². The van der Waals surface area contributed by atoms with Crippen LogP contribution in [0.15, 0.2) is 29.3 Å². The van der Waals surface area contributed by atoms with Crippen LogP contribution in [-0.4, -0.2) is 70.5 Å². The normalized spacial score (nSPS) is 15.2. The third-order valence-electron chi connectivity index (χ3n) is 4.22. The zero-order chi connectivity index (χ0) is 17.7. The molecule has 0 saturated carbocycles. The number of methoxy groups -OCH3 is 1. The first-order chi connectivity index (χ1) is 12.3. The van der Waals surface area contributed by atoms with Gasteiger partial charge in [-0.15, -0.1) is 24.0 Å². The van der Waals surface area contributed by atoms with Gasteiger partial charge in [-0.2, -0.15) is 0 Å². The number of hydrogen-bond donors (Lipinski definition) is 2. The molecule has 1 fully saturated rings. The molecule has 0 aliphatic carbocycles. The Hall–Kier alpha value is -1.06. The maximum absolute atomic E-state index is 5.38. The molecule has 0 atom stereocenters. The maximum Gasteiger partial charge on any atom is 0.191 e. The molecule has 7 heteroatoms. The number of benzene rings is 1. The summed E-state index contributed by atoms with van der Waals surface area (Å²) in [5, 5.41) is 6.73. The SMILES string of the molecule is CCNC(=NCCCc1ccc(OC)cc1)NCCN1CCOCC1.I. The molecule has 0 spiro atoms. The van der Waals surface area contributed by atoms with Gasteiger partial charge in [0, 0.05) is 39.3 Å². The van der Waals surface area contributed by atoms with Gasteiger partial charge in [0.25, 0.3) is 0 Å². The molecule has 2 N–H and O–H groups in total. The van der Waals surface area contributed by atoms with Crippen LogP contribution in [0.3, 0.4) is 0 Å². The minimum Gasteiger partial charge on any atom is -0.497 e. The summed E-state index contributed by atoms with van der Waals surface area (Å²) in [6, 6.07) is 8.26. The summed E-state index contributed by atoms with van der Waals surface area (Å²) < 4.78 is 10.6. The Labute approximate surface area is 174 Å². The highest BCUT2D eigenvalue weighted by Crippen LogP contribution is 2.12. The Morgan fingerprint density at radius 3 is 2.58 bits per heavy atom. The first kappa shape index (κ1) is 23.0. The van der Waals surface area contributed by atoms with Crippen molar-refractivity contribution in [2.45, 2.75) is 19.8 Å². The number of nitrogens with zero attached hydrogens (tertiary/aromatic N) is 2. The van der Waals surface area contributed by atoms with E-state index in [1.54, 1.807) is 7.11 Å². The minimum absolute atomic E-state index is 0. The Morgan fingerprint density at radius 2 is 1.92 bits per heavy atom. The smallest absolute Gasteiger partial charge is 0.191 e. The molecule has 2 rings (SSSR count). The number of guanidine groups is 1. The molecule has 148 valence electrons. The molecule has 0 bridgehead atoms. The lowest BCUT2D eigenvalue weighted by atomic mass is 10.1. The van der Waals surface area contributed by atoms with E-state index < -0.39 is 0 Å². The van der Waals surface area contributed by atoms with Crippen molar-refractivity contribution in [1.29, 1.82) is 0 Å². The van der Waals surface area contributed by atoms with Gasteiger partial charge in [0.05, 0.1) is 20.3 Å². The lowest BCUT2D eigenvalue weighted by Gasteiger charge is -2.26. The molecule has 1 aromatic carbocycles. The average Bonchev–Trinajstić information content (AvgIpc) is 2.66. The van der Waals surface area contributed by atoms with Crippen LogP contribution in [0, 0.1) is 0 Å². The van der Waals surface area contributed by atoms with Crippen molar-refractivity contribution in [3.63, 3.8) is 0 Å². The molecule has 1 aliphatic heterocycles. The van der Waals surface area contributed by atoms with Crippen molar-refractivity contribution in [2.75, 3.05) is 59.6 Å². The lowest BCUT2D eigenvalue weighted by molar-refractivity contribution is 0.0389. The number of aliphatic imine (C=N–C) groups is 1. The van der Waals surface area contributed by atoms with Crippen LogP contribution in [0.2, 0.25) is 0 Å². The van der Waals surface area contributed by atoms with E-state index in [9.17, 15) is 0 Å². The van der Waals surface area contributed by atoms with Gasteiger partial charge in [0.2, 0.25) is 0 Å². The molecule has 0 radical (unpaired) electrons. The summed E-state index contributed by atoms with van der Waals surface area (Å²) in [5.41, 5.74) is 1.32. The Balaban J connectivity index is 0.00000338. The highest BCUT2D eigenvalue weighted by molar-refractivity contribution is 14.0. The first-order valence-electron chi connectivity index (χ1n) is 9.27. The zero-order valence-corrected chi connectivity index (χ0v) is 18.3. The molecule has 1 aromatic rings. The number of hydrogen-bond acceptors (Lipinski definition) is 4. The first-order valence-corrected chi connectivity index (χ1v) is 9.27. The Kier molecular flexibility index (Phi) is 12.4. The molecular weight excluding hydrogens is 443 g/mol. The van der Waals surface area contributed by atoms with Gasteiger partial charge in [0.15, 0.2) is 5.96 Å². The molecule has 1 saturated heterocycles. The number of ether oxygens (including phenoxy) is 2. The third kappa shape index (κ3) is 9.05. The monoisotopic (exact) mass is 476 g/mol. The summed E-state index contributed by atoms with van der Waals surface area (Å²) in [6.07, 6.45) is 2.06. The molecular formula is C19H33IN4O2.